The van der Waals surface area contributed by atoms with Crippen molar-refractivity contribution in [1.29, 1.82) is 0 Å². The molecule has 2 bridgehead atoms. The summed E-state index contributed by atoms with van der Waals surface area (Å²) in [4.78, 5) is 30.7. The maximum atomic E-state index is 12.3. The molecule has 5 aliphatic heterocycles. The third-order valence-corrected chi connectivity index (χ3v) is 7.80. The molecule has 1 N–H and O–H groups in total. The lowest BCUT2D eigenvalue weighted by Gasteiger charge is -2.52. The Morgan fingerprint density at radius 3 is 2.58 bits per heavy atom. The van der Waals surface area contributed by atoms with Crippen molar-refractivity contribution in [3.05, 3.63) is 23.8 Å². The largest absolute Gasteiger partial charge is 0.381 e. The first kappa shape index (κ1) is 21.1. The number of hydrogen-bond acceptors (Lipinski definition) is 7. The van der Waals surface area contributed by atoms with E-state index in [2.05, 4.69) is 32.4 Å². The van der Waals surface area contributed by atoms with E-state index in [1.807, 2.05) is 6.07 Å². The molecule has 9 nitrogen and oxygen atoms in total. The molecule has 9 heteroatoms. The van der Waals surface area contributed by atoms with Crippen LogP contribution in [0.5, 0.6) is 0 Å². The number of aromatic nitrogens is 1. The summed E-state index contributed by atoms with van der Waals surface area (Å²) in [6.07, 6.45) is 5.21. The zero-order valence-electron chi connectivity index (χ0n) is 18.9. The van der Waals surface area contributed by atoms with Gasteiger partial charge in [-0.25, -0.2) is 4.79 Å². The fourth-order valence-electron chi connectivity index (χ4n) is 5.95. The maximum absolute atomic E-state index is 12.3. The molecule has 5 fully saturated rings. The highest BCUT2D eigenvalue weighted by Gasteiger charge is 2.39. The molecule has 3 amide bonds. The van der Waals surface area contributed by atoms with Crippen LogP contribution in [0.3, 0.4) is 0 Å². The molecule has 0 aliphatic carbocycles. The summed E-state index contributed by atoms with van der Waals surface area (Å²) in [6, 6.07) is 6.92. The van der Waals surface area contributed by atoms with Gasteiger partial charge in [-0.05, 0) is 49.3 Å². The first-order valence-corrected chi connectivity index (χ1v) is 12.2. The smallest absolute Gasteiger partial charge is 0.329 e. The lowest BCUT2D eigenvalue weighted by Crippen LogP contribution is -2.62. The molecule has 0 spiro atoms. The van der Waals surface area contributed by atoms with E-state index in [9.17, 15) is 9.59 Å². The van der Waals surface area contributed by atoms with E-state index in [1.165, 1.54) is 42.7 Å². The monoisotopic (exact) mass is 453 g/mol. The summed E-state index contributed by atoms with van der Waals surface area (Å²) >= 11 is 0. The van der Waals surface area contributed by atoms with Gasteiger partial charge in [0, 0.05) is 64.4 Å². The number of anilines is 1. The number of rotatable bonds is 5. The van der Waals surface area contributed by atoms with Gasteiger partial charge >= 0.3 is 6.03 Å². The third kappa shape index (κ3) is 4.13. The van der Waals surface area contributed by atoms with Gasteiger partial charge in [0.2, 0.25) is 5.91 Å². The molecule has 0 radical (unpaired) electrons. The lowest BCUT2D eigenvalue weighted by atomic mass is 9.88. The SMILES string of the molecule is O=C1CCN(c2noc3ccc(CN4C[C@@H]5CC[C@H]4CN5CC4CCOCC4)cc23)C(=O)N1. The Hall–Kier alpha value is -2.49. The Morgan fingerprint density at radius 1 is 1.03 bits per heavy atom. The number of hydrogen-bond donors (Lipinski definition) is 1. The molecule has 7 rings (SSSR count). The second-order valence-electron chi connectivity index (χ2n) is 9.92. The number of carbonyl (C=O) groups excluding carboxylic acids is 2. The highest BCUT2D eigenvalue weighted by Crippen LogP contribution is 2.33. The quantitative estimate of drug-likeness (QED) is 0.743. The number of urea groups is 1. The topological polar surface area (TPSA) is 91.2 Å². The van der Waals surface area contributed by atoms with Crippen molar-refractivity contribution in [2.75, 3.05) is 44.3 Å². The Kier molecular flexibility index (Phi) is 5.55. The Morgan fingerprint density at radius 2 is 1.82 bits per heavy atom. The number of benzene rings is 1. The van der Waals surface area contributed by atoms with Gasteiger partial charge in [-0.3, -0.25) is 24.8 Å². The minimum atomic E-state index is -0.440. The van der Waals surface area contributed by atoms with E-state index in [0.29, 0.717) is 30.0 Å². The first-order valence-electron chi connectivity index (χ1n) is 12.2. The van der Waals surface area contributed by atoms with E-state index in [4.69, 9.17) is 9.26 Å². The standard InChI is InChI=1S/C24H31N5O4/c30-22-5-8-29(24(31)25-22)23-20-11-17(1-4-21(20)33-26-23)13-28-15-18-2-3-19(28)14-27(18)12-16-6-9-32-10-7-16/h1,4,11,16,18-19H,2-3,5-10,12-15H2,(H,25,30,31)/t18-,19-/m0/s1. The Labute approximate surface area is 193 Å². The van der Waals surface area contributed by atoms with Crippen molar-refractivity contribution in [2.45, 2.75) is 50.7 Å². The molecule has 5 aliphatic rings. The van der Waals surface area contributed by atoms with E-state index in [-0.39, 0.29) is 12.3 Å². The number of nitrogens with zero attached hydrogens (tertiary/aromatic N) is 4. The van der Waals surface area contributed by atoms with Gasteiger partial charge in [-0.1, -0.05) is 11.2 Å². The van der Waals surface area contributed by atoms with Crippen molar-refractivity contribution >= 4 is 28.7 Å². The molecule has 1 aromatic heterocycles. The Bertz CT molecular complexity index is 1050. The Balaban J connectivity index is 1.15. The summed E-state index contributed by atoms with van der Waals surface area (Å²) in [6.45, 7) is 6.52. The van der Waals surface area contributed by atoms with Crippen LogP contribution in [0.1, 0.15) is 37.7 Å². The van der Waals surface area contributed by atoms with Gasteiger partial charge in [0.15, 0.2) is 11.4 Å². The fraction of sp³-hybridized carbons (Fsp3) is 0.625. The summed E-state index contributed by atoms with van der Waals surface area (Å²) in [5.41, 5.74) is 1.85. The van der Waals surface area contributed by atoms with Crippen molar-refractivity contribution < 1.29 is 18.8 Å². The van der Waals surface area contributed by atoms with Crippen LogP contribution < -0.4 is 10.2 Å². The zero-order chi connectivity index (χ0) is 22.4. The zero-order valence-corrected chi connectivity index (χ0v) is 18.9. The number of amides is 3. The third-order valence-electron chi connectivity index (χ3n) is 7.80. The molecule has 2 aromatic rings. The van der Waals surface area contributed by atoms with Gasteiger partial charge in [0.25, 0.3) is 0 Å². The van der Waals surface area contributed by atoms with Crippen LogP contribution in [0.2, 0.25) is 0 Å². The van der Waals surface area contributed by atoms with Crippen molar-refractivity contribution in [2.24, 2.45) is 5.92 Å². The highest BCUT2D eigenvalue weighted by molar-refractivity contribution is 6.08. The van der Waals surface area contributed by atoms with Gasteiger partial charge in [-0.15, -0.1) is 0 Å². The predicted octanol–water partition coefficient (Wildman–Crippen LogP) is 2.35. The summed E-state index contributed by atoms with van der Waals surface area (Å²) in [7, 11) is 0. The number of piperazine rings is 1. The molecule has 6 heterocycles. The molecule has 5 saturated heterocycles. The molecule has 1 aromatic carbocycles. The van der Waals surface area contributed by atoms with Crippen LogP contribution in [-0.4, -0.2) is 78.4 Å². The van der Waals surface area contributed by atoms with E-state index < -0.39 is 6.03 Å². The fourth-order valence-corrected chi connectivity index (χ4v) is 5.95. The first-order chi connectivity index (χ1) is 16.1. The second kappa shape index (κ2) is 8.70. The highest BCUT2D eigenvalue weighted by atomic mass is 16.5. The van der Waals surface area contributed by atoms with Crippen LogP contribution in [0.25, 0.3) is 11.0 Å². The van der Waals surface area contributed by atoms with Crippen molar-refractivity contribution in [3.8, 4) is 0 Å². The van der Waals surface area contributed by atoms with Gasteiger partial charge in [0.1, 0.15) is 0 Å². The van der Waals surface area contributed by atoms with E-state index >= 15 is 0 Å². The second-order valence-corrected chi connectivity index (χ2v) is 9.92. The van der Waals surface area contributed by atoms with Crippen molar-refractivity contribution in [1.82, 2.24) is 20.3 Å². The van der Waals surface area contributed by atoms with Crippen LogP contribution in [0.4, 0.5) is 10.6 Å². The van der Waals surface area contributed by atoms with Gasteiger partial charge in [0.05, 0.1) is 5.39 Å². The minimum Gasteiger partial charge on any atom is -0.381 e. The number of carbonyl (C=O) groups is 2. The van der Waals surface area contributed by atoms with Gasteiger partial charge in [-0.2, -0.15) is 0 Å². The van der Waals surface area contributed by atoms with E-state index in [1.54, 1.807) is 0 Å². The number of nitrogens with one attached hydrogen (secondary N) is 1. The number of fused-ring (bicyclic) bond motifs is 4. The maximum Gasteiger partial charge on any atom is 0.329 e. The summed E-state index contributed by atoms with van der Waals surface area (Å²) in [5, 5.41) is 7.32. The number of ether oxygens (including phenoxy) is 1. The molecule has 0 unspecified atom stereocenters. The summed E-state index contributed by atoms with van der Waals surface area (Å²) in [5.74, 6) is 1.01. The minimum absolute atomic E-state index is 0.254. The van der Waals surface area contributed by atoms with E-state index in [0.717, 1.165) is 44.2 Å². The van der Waals surface area contributed by atoms with Crippen molar-refractivity contribution in [3.63, 3.8) is 0 Å². The van der Waals surface area contributed by atoms with Crippen LogP contribution in [-0.2, 0) is 16.1 Å². The normalized spacial score (nSPS) is 27.5. The molecular formula is C24H31N5O4. The molecule has 0 saturated carbocycles. The predicted molar refractivity (Wildman–Crippen MR) is 122 cm³/mol. The molecule has 2 atom stereocenters. The average molecular weight is 454 g/mol. The molecule has 176 valence electrons. The number of piperidine rings is 2. The van der Waals surface area contributed by atoms with Crippen LogP contribution >= 0.6 is 0 Å². The van der Waals surface area contributed by atoms with Crippen LogP contribution in [0.15, 0.2) is 22.7 Å². The van der Waals surface area contributed by atoms with Gasteiger partial charge < -0.3 is 9.26 Å². The number of imide groups is 1. The molecular weight excluding hydrogens is 422 g/mol. The molecule has 33 heavy (non-hydrogen) atoms. The summed E-state index contributed by atoms with van der Waals surface area (Å²) < 4.78 is 11.0. The lowest BCUT2D eigenvalue weighted by molar-refractivity contribution is -0.120. The average Bonchev–Trinajstić information content (AvgIpc) is 3.24. The van der Waals surface area contributed by atoms with Crippen LogP contribution in [0, 0.1) is 5.92 Å².